The minimum Gasteiger partial charge on any atom is -0.733 e. The van der Waals surface area contributed by atoms with E-state index in [4.69, 9.17) is 14.4 Å². The van der Waals surface area contributed by atoms with Gasteiger partial charge >= 0.3 is 5.97 Å². The van der Waals surface area contributed by atoms with E-state index < -0.39 is 5.97 Å². The van der Waals surface area contributed by atoms with Crippen molar-refractivity contribution in [2.24, 2.45) is 0 Å². The van der Waals surface area contributed by atoms with Crippen molar-refractivity contribution < 1.29 is 19.2 Å². The predicted molar refractivity (Wildman–Crippen MR) is 79.6 cm³/mol. The fourth-order valence-electron chi connectivity index (χ4n) is 2.13. The molecule has 0 saturated heterocycles. The van der Waals surface area contributed by atoms with Crippen molar-refractivity contribution in [1.29, 1.82) is 0 Å². The second-order valence-electron chi connectivity index (χ2n) is 4.77. The molecule has 0 aliphatic carbocycles. The number of allylic oxidation sites excluding steroid dienone is 1. The number of ether oxygens (including phenoxy) is 1. The van der Waals surface area contributed by atoms with Crippen molar-refractivity contribution in [2.75, 3.05) is 5.23 Å². The highest BCUT2D eigenvalue weighted by atomic mass is 16.8. The maximum Gasteiger partial charge on any atom is 0.343 e. The van der Waals surface area contributed by atoms with Crippen LogP contribution in [0.2, 0.25) is 0 Å². The number of rotatable bonds is 3. The summed E-state index contributed by atoms with van der Waals surface area (Å²) in [5, 5.41) is 19.6. The first-order valence-electron chi connectivity index (χ1n) is 6.51. The van der Waals surface area contributed by atoms with Gasteiger partial charge in [0, 0.05) is 5.56 Å². The van der Waals surface area contributed by atoms with Gasteiger partial charge in [0.1, 0.15) is 17.3 Å². The molecule has 2 aromatic rings. The van der Waals surface area contributed by atoms with Crippen molar-refractivity contribution in [3.05, 3.63) is 64.8 Å². The second-order valence-corrected chi connectivity index (χ2v) is 4.77. The van der Waals surface area contributed by atoms with Gasteiger partial charge in [-0.3, -0.25) is 5.21 Å². The van der Waals surface area contributed by atoms with E-state index in [2.05, 4.69) is 0 Å². The zero-order valence-electron chi connectivity index (χ0n) is 11.6. The Hall–Kier alpha value is -2.83. The Labute approximate surface area is 126 Å². The van der Waals surface area contributed by atoms with Crippen molar-refractivity contribution >= 4 is 17.7 Å². The van der Waals surface area contributed by atoms with Crippen LogP contribution < -0.4 is 5.23 Å². The normalized spacial score (nSPS) is 15.9. The topological polar surface area (TPSA) is 86.0 Å². The molecule has 0 atom stereocenters. The number of anilines is 1. The third-order valence-electron chi connectivity index (χ3n) is 3.12. The molecule has 1 N–H and O–H groups in total. The lowest BCUT2D eigenvalue weighted by molar-refractivity contribution is -0.133. The molecule has 0 amide bonds. The molecule has 6 nitrogen and oxygen atoms in total. The summed E-state index contributed by atoms with van der Waals surface area (Å²) in [5.41, 5.74) is 1.15. The van der Waals surface area contributed by atoms with Gasteiger partial charge in [0.25, 0.3) is 0 Å². The molecule has 22 heavy (non-hydrogen) atoms. The Bertz CT molecular complexity index is 785. The number of benzene rings is 1. The molecule has 112 valence electrons. The van der Waals surface area contributed by atoms with Crippen molar-refractivity contribution in [1.82, 2.24) is 0 Å². The summed E-state index contributed by atoms with van der Waals surface area (Å²) in [7, 11) is 0. The minimum atomic E-state index is -0.417. The monoisotopic (exact) mass is 298 g/mol. The van der Waals surface area contributed by atoms with Crippen LogP contribution in [-0.2, 0) is 9.53 Å². The van der Waals surface area contributed by atoms with Gasteiger partial charge in [-0.15, -0.1) is 0 Å². The first-order valence-corrected chi connectivity index (χ1v) is 6.51. The van der Waals surface area contributed by atoms with Crippen LogP contribution in [0.1, 0.15) is 12.7 Å². The molecule has 0 radical (unpaired) electrons. The minimum absolute atomic E-state index is 0.103. The molecule has 0 spiro atoms. The molecule has 1 aliphatic rings. The number of cyclic esters (lactones) is 1. The summed E-state index contributed by atoms with van der Waals surface area (Å²) in [6, 6.07) is 9.77. The van der Waals surface area contributed by atoms with Gasteiger partial charge in [-0.1, -0.05) is 12.1 Å². The standard InChI is InChI=1S/C16H12NO5/c1-10-7-12(16(18)21-10)9-14-5-6-15(22-14)11-3-2-4-13(8-11)17(19)20/h2-9,19H,1H3/q-1. The number of nitrogens with zero attached hydrogens (tertiary/aromatic N) is 1. The predicted octanol–water partition coefficient (Wildman–Crippen LogP) is 3.48. The molecule has 0 bridgehead atoms. The SMILES string of the molecule is CC1=CC(=Cc2ccc(-c3cccc(N([O-])O)c3)o2)C(=O)O1. The van der Waals surface area contributed by atoms with E-state index in [0.29, 0.717) is 28.4 Å². The molecule has 1 aromatic heterocycles. The van der Waals surface area contributed by atoms with E-state index in [-0.39, 0.29) is 10.9 Å². The third kappa shape index (κ3) is 2.78. The number of carbonyl (C=O) groups excluding carboxylic acids is 1. The number of carbonyl (C=O) groups is 1. The Morgan fingerprint density at radius 1 is 1.27 bits per heavy atom. The van der Waals surface area contributed by atoms with E-state index in [9.17, 15) is 10.0 Å². The van der Waals surface area contributed by atoms with Crippen LogP contribution >= 0.6 is 0 Å². The Morgan fingerprint density at radius 3 is 2.77 bits per heavy atom. The van der Waals surface area contributed by atoms with Gasteiger partial charge in [0.05, 0.1) is 11.3 Å². The summed E-state index contributed by atoms with van der Waals surface area (Å²) in [6.45, 7) is 1.70. The largest absolute Gasteiger partial charge is 0.733 e. The molecule has 0 fully saturated rings. The summed E-state index contributed by atoms with van der Waals surface area (Å²) in [6.07, 6.45) is 3.21. The second kappa shape index (κ2) is 5.51. The number of furan rings is 1. The van der Waals surface area contributed by atoms with Crippen LogP contribution in [0, 0.1) is 5.21 Å². The van der Waals surface area contributed by atoms with Crippen LogP contribution in [0.15, 0.2) is 58.2 Å². The average Bonchev–Trinajstić information content (AvgIpc) is 3.06. The quantitative estimate of drug-likeness (QED) is 0.530. The van der Waals surface area contributed by atoms with E-state index in [1.165, 1.54) is 12.1 Å². The zero-order valence-corrected chi connectivity index (χ0v) is 11.6. The summed E-state index contributed by atoms with van der Waals surface area (Å²) >= 11 is 0. The van der Waals surface area contributed by atoms with E-state index in [1.807, 2.05) is 0 Å². The van der Waals surface area contributed by atoms with Gasteiger partial charge in [-0.2, -0.15) is 0 Å². The van der Waals surface area contributed by atoms with Crippen LogP contribution in [0.25, 0.3) is 17.4 Å². The molecule has 1 aromatic carbocycles. The fourth-order valence-corrected chi connectivity index (χ4v) is 2.13. The van der Waals surface area contributed by atoms with Gasteiger partial charge in [0.2, 0.25) is 0 Å². The number of hydrogen-bond acceptors (Lipinski definition) is 6. The summed E-state index contributed by atoms with van der Waals surface area (Å²) in [4.78, 5) is 11.5. The lowest BCUT2D eigenvalue weighted by Crippen LogP contribution is -2.06. The van der Waals surface area contributed by atoms with E-state index in [1.54, 1.807) is 43.3 Å². The molecular formula is C16H12NO5-. The smallest absolute Gasteiger partial charge is 0.343 e. The van der Waals surface area contributed by atoms with Crippen molar-refractivity contribution in [2.45, 2.75) is 6.92 Å². The van der Waals surface area contributed by atoms with Gasteiger partial charge < -0.3 is 19.6 Å². The van der Waals surface area contributed by atoms with Crippen LogP contribution in [0.4, 0.5) is 5.69 Å². The summed E-state index contributed by atoms with van der Waals surface area (Å²) in [5.74, 6) is 1.12. The van der Waals surface area contributed by atoms with E-state index in [0.717, 1.165) is 0 Å². The molecule has 2 heterocycles. The molecule has 3 rings (SSSR count). The van der Waals surface area contributed by atoms with Crippen LogP contribution in [0.3, 0.4) is 0 Å². The molecule has 0 saturated carbocycles. The number of hydrogen-bond donors (Lipinski definition) is 1. The maximum atomic E-state index is 11.5. The summed E-state index contributed by atoms with van der Waals surface area (Å²) < 4.78 is 10.6. The maximum absolute atomic E-state index is 11.5. The van der Waals surface area contributed by atoms with Crippen LogP contribution in [-0.4, -0.2) is 11.2 Å². The lowest BCUT2D eigenvalue weighted by Gasteiger charge is -2.21. The Balaban J connectivity index is 1.90. The first-order chi connectivity index (χ1) is 10.5. The van der Waals surface area contributed by atoms with Gasteiger partial charge in [-0.05, 0) is 43.3 Å². The Morgan fingerprint density at radius 2 is 2.09 bits per heavy atom. The van der Waals surface area contributed by atoms with E-state index >= 15 is 0 Å². The molecule has 0 unspecified atom stereocenters. The highest BCUT2D eigenvalue weighted by Gasteiger charge is 2.18. The molecular weight excluding hydrogens is 286 g/mol. The fraction of sp³-hybridized carbons (Fsp3) is 0.0625. The highest BCUT2D eigenvalue weighted by molar-refractivity contribution is 5.99. The highest BCUT2D eigenvalue weighted by Crippen LogP contribution is 2.27. The lowest BCUT2D eigenvalue weighted by atomic mass is 10.1. The van der Waals surface area contributed by atoms with Crippen LogP contribution in [0.5, 0.6) is 0 Å². The number of esters is 1. The van der Waals surface area contributed by atoms with Crippen molar-refractivity contribution in [3.8, 4) is 11.3 Å². The average molecular weight is 298 g/mol. The van der Waals surface area contributed by atoms with Gasteiger partial charge in [0.15, 0.2) is 0 Å². The Kier molecular flexibility index (Phi) is 3.54. The molecule has 6 heteroatoms. The zero-order chi connectivity index (χ0) is 15.7. The first kappa shape index (κ1) is 14.1. The molecule has 1 aliphatic heterocycles. The third-order valence-corrected chi connectivity index (χ3v) is 3.12. The van der Waals surface area contributed by atoms with Gasteiger partial charge in [-0.25, -0.2) is 4.79 Å². The van der Waals surface area contributed by atoms with Crippen molar-refractivity contribution in [3.63, 3.8) is 0 Å².